The van der Waals surface area contributed by atoms with Gasteiger partial charge >= 0.3 is 0 Å². The van der Waals surface area contributed by atoms with Crippen LogP contribution in [0.4, 0.5) is 5.69 Å². The predicted octanol–water partition coefficient (Wildman–Crippen LogP) is 5.79. The molecule has 3 N–H and O–H groups in total. The number of fused-ring (bicyclic) bond motifs is 4. The van der Waals surface area contributed by atoms with E-state index in [-0.39, 0.29) is 11.8 Å². The Kier molecular flexibility index (Phi) is 5.57. The number of rotatable bonds is 5. The zero-order valence-electron chi connectivity index (χ0n) is 19.5. The van der Waals surface area contributed by atoms with Gasteiger partial charge in [-0.15, -0.1) is 0 Å². The van der Waals surface area contributed by atoms with Gasteiger partial charge in [0.15, 0.2) is 0 Å². The minimum atomic E-state index is -0.153. The molecule has 7 rings (SSSR count). The van der Waals surface area contributed by atoms with Gasteiger partial charge in [0.25, 0.3) is 11.8 Å². The summed E-state index contributed by atoms with van der Waals surface area (Å²) >= 11 is 0. The van der Waals surface area contributed by atoms with Crippen molar-refractivity contribution in [3.63, 3.8) is 0 Å². The van der Waals surface area contributed by atoms with E-state index in [1.54, 1.807) is 12.1 Å². The zero-order chi connectivity index (χ0) is 23.8. The molecule has 3 fully saturated rings. The van der Waals surface area contributed by atoms with E-state index < -0.39 is 0 Å². The van der Waals surface area contributed by atoms with Crippen molar-refractivity contribution in [2.75, 3.05) is 5.32 Å². The molecule has 1 heterocycles. The second-order valence-corrected chi connectivity index (χ2v) is 9.81. The zero-order valence-corrected chi connectivity index (χ0v) is 19.5. The molecular formula is C29H28N4O2. The number of benzene rings is 3. The summed E-state index contributed by atoms with van der Waals surface area (Å²) in [6.07, 6.45) is 6.27. The summed E-state index contributed by atoms with van der Waals surface area (Å²) in [7, 11) is 0. The second-order valence-electron chi connectivity index (χ2n) is 9.81. The van der Waals surface area contributed by atoms with Crippen LogP contribution >= 0.6 is 0 Å². The number of carbonyl (C=O) groups excluding carboxylic acids is 2. The summed E-state index contributed by atoms with van der Waals surface area (Å²) in [6.45, 7) is 0. The lowest BCUT2D eigenvalue weighted by Crippen LogP contribution is -2.47. The Balaban J connectivity index is 1.15. The van der Waals surface area contributed by atoms with Crippen LogP contribution in [-0.4, -0.2) is 27.8 Å². The Labute approximate surface area is 204 Å². The van der Waals surface area contributed by atoms with E-state index in [1.165, 1.54) is 25.7 Å². The molecule has 6 heteroatoms. The van der Waals surface area contributed by atoms with E-state index in [9.17, 15) is 9.59 Å². The maximum absolute atomic E-state index is 12.8. The van der Waals surface area contributed by atoms with Crippen LogP contribution < -0.4 is 10.6 Å². The highest BCUT2D eigenvalue weighted by molar-refractivity contribution is 6.05. The third-order valence-electron chi connectivity index (χ3n) is 7.56. The van der Waals surface area contributed by atoms with E-state index in [2.05, 4.69) is 20.6 Å². The molecule has 0 saturated heterocycles. The first kappa shape index (κ1) is 21.6. The number of carbonyl (C=O) groups is 2. The lowest BCUT2D eigenvalue weighted by Gasteiger charge is -2.42. The first-order valence-electron chi connectivity index (χ1n) is 12.4. The third kappa shape index (κ3) is 4.44. The smallest absolute Gasteiger partial charge is 0.255 e. The molecule has 6 nitrogen and oxygen atoms in total. The molecular weight excluding hydrogens is 436 g/mol. The molecule has 2 amide bonds. The van der Waals surface area contributed by atoms with Crippen LogP contribution in [0.5, 0.6) is 0 Å². The van der Waals surface area contributed by atoms with Crippen molar-refractivity contribution in [1.29, 1.82) is 0 Å². The normalized spacial score (nSPS) is 21.1. The van der Waals surface area contributed by atoms with E-state index in [4.69, 9.17) is 0 Å². The molecule has 3 aliphatic carbocycles. The lowest BCUT2D eigenvalue weighted by atomic mass is 9.68. The van der Waals surface area contributed by atoms with Gasteiger partial charge in [-0.05, 0) is 73.6 Å². The first-order valence-corrected chi connectivity index (χ1v) is 12.4. The van der Waals surface area contributed by atoms with Gasteiger partial charge < -0.3 is 15.6 Å². The number of amides is 2. The van der Waals surface area contributed by atoms with Crippen molar-refractivity contribution in [2.24, 2.45) is 11.8 Å². The highest BCUT2D eigenvalue weighted by Gasteiger charge is 2.36. The highest BCUT2D eigenvalue weighted by Crippen LogP contribution is 2.41. The Morgan fingerprint density at radius 1 is 0.829 bits per heavy atom. The average Bonchev–Trinajstić information content (AvgIpc) is 3.33. The van der Waals surface area contributed by atoms with Gasteiger partial charge in [-0.2, -0.15) is 0 Å². The average molecular weight is 465 g/mol. The molecule has 1 unspecified atom stereocenters. The van der Waals surface area contributed by atoms with Gasteiger partial charge in [0.1, 0.15) is 5.82 Å². The van der Waals surface area contributed by atoms with Crippen molar-refractivity contribution in [2.45, 2.75) is 38.1 Å². The van der Waals surface area contributed by atoms with E-state index >= 15 is 0 Å². The fraction of sp³-hybridized carbons (Fsp3) is 0.276. The number of nitrogens with one attached hydrogen (secondary N) is 3. The summed E-state index contributed by atoms with van der Waals surface area (Å²) < 4.78 is 0. The van der Waals surface area contributed by atoms with Crippen LogP contribution in [0.3, 0.4) is 0 Å². The van der Waals surface area contributed by atoms with Gasteiger partial charge in [0.2, 0.25) is 0 Å². The highest BCUT2D eigenvalue weighted by atomic mass is 16.2. The van der Waals surface area contributed by atoms with Gasteiger partial charge in [0, 0.05) is 28.4 Å². The Hall–Kier alpha value is -3.93. The molecule has 4 aromatic rings. The van der Waals surface area contributed by atoms with Crippen molar-refractivity contribution in [3.05, 3.63) is 83.9 Å². The van der Waals surface area contributed by atoms with Crippen LogP contribution in [0, 0.1) is 11.8 Å². The van der Waals surface area contributed by atoms with Crippen molar-refractivity contribution >= 4 is 28.5 Å². The topological polar surface area (TPSA) is 86.9 Å². The van der Waals surface area contributed by atoms with Crippen LogP contribution in [0.2, 0.25) is 0 Å². The minimum Gasteiger partial charge on any atom is -0.349 e. The SMILES string of the molecule is O=C(Nc1ccc2nc(-c3ccc(C(=O)NC4CC5CCC4CC5)cc3)[nH]c2c1)c1ccccc1. The standard InChI is InChI=1S/C29H28N4O2/c34-28(21-4-2-1-3-5-21)30-23-14-15-24-26(17-23)32-27(31-24)20-10-12-22(13-11-20)29(35)33-25-16-18-6-8-19(25)9-7-18/h1-5,10-15,17-19,25H,6-9,16H2,(H,30,34)(H,31,32)(H,33,35). The summed E-state index contributed by atoms with van der Waals surface area (Å²) in [5, 5.41) is 6.22. The number of imidazole rings is 1. The summed E-state index contributed by atoms with van der Waals surface area (Å²) in [4.78, 5) is 33.3. The number of nitrogens with zero attached hydrogens (tertiary/aromatic N) is 1. The fourth-order valence-corrected chi connectivity index (χ4v) is 5.60. The van der Waals surface area contributed by atoms with Gasteiger partial charge in [0.05, 0.1) is 11.0 Å². The predicted molar refractivity (Wildman–Crippen MR) is 137 cm³/mol. The Morgan fingerprint density at radius 3 is 2.29 bits per heavy atom. The number of hydrogen-bond donors (Lipinski definition) is 3. The maximum atomic E-state index is 12.8. The number of H-pyrrole nitrogens is 1. The number of hydrogen-bond acceptors (Lipinski definition) is 3. The van der Waals surface area contributed by atoms with E-state index in [1.807, 2.05) is 60.7 Å². The molecule has 1 atom stereocenters. The van der Waals surface area contributed by atoms with Crippen molar-refractivity contribution in [1.82, 2.24) is 15.3 Å². The summed E-state index contributed by atoms with van der Waals surface area (Å²) in [5.41, 5.74) is 4.54. The third-order valence-corrected chi connectivity index (χ3v) is 7.56. The maximum Gasteiger partial charge on any atom is 0.255 e. The number of aromatic nitrogens is 2. The molecule has 0 radical (unpaired) electrons. The van der Waals surface area contributed by atoms with Crippen LogP contribution in [0.15, 0.2) is 72.8 Å². The van der Waals surface area contributed by atoms with Gasteiger partial charge in [-0.3, -0.25) is 9.59 Å². The molecule has 0 spiro atoms. The van der Waals surface area contributed by atoms with Crippen molar-refractivity contribution < 1.29 is 9.59 Å². The number of anilines is 1. The molecule has 0 aliphatic heterocycles. The van der Waals surface area contributed by atoms with Crippen molar-refractivity contribution in [3.8, 4) is 11.4 Å². The van der Waals surface area contributed by atoms with Crippen LogP contribution in [0.1, 0.15) is 52.8 Å². The molecule has 1 aromatic heterocycles. The quantitative estimate of drug-likeness (QED) is 0.349. The molecule has 176 valence electrons. The fourth-order valence-electron chi connectivity index (χ4n) is 5.60. The molecule has 35 heavy (non-hydrogen) atoms. The molecule has 2 bridgehead atoms. The largest absolute Gasteiger partial charge is 0.349 e. The monoisotopic (exact) mass is 464 g/mol. The second kappa shape index (κ2) is 9.02. The van der Waals surface area contributed by atoms with Crippen LogP contribution in [-0.2, 0) is 0 Å². The van der Waals surface area contributed by atoms with Gasteiger partial charge in [-0.25, -0.2) is 4.98 Å². The Morgan fingerprint density at radius 2 is 1.57 bits per heavy atom. The van der Waals surface area contributed by atoms with E-state index in [0.29, 0.717) is 28.8 Å². The lowest BCUT2D eigenvalue weighted by molar-refractivity contribution is 0.0810. The Bertz CT molecular complexity index is 1370. The van der Waals surface area contributed by atoms with Gasteiger partial charge in [-0.1, -0.05) is 43.2 Å². The summed E-state index contributed by atoms with van der Waals surface area (Å²) in [6, 6.07) is 22.7. The molecule has 3 aliphatic rings. The summed E-state index contributed by atoms with van der Waals surface area (Å²) in [5.74, 6) is 2.01. The molecule has 3 saturated carbocycles. The van der Waals surface area contributed by atoms with E-state index in [0.717, 1.165) is 34.8 Å². The first-order chi connectivity index (χ1) is 17.1. The molecule has 3 aromatic carbocycles. The van der Waals surface area contributed by atoms with Crippen LogP contribution in [0.25, 0.3) is 22.4 Å². The number of aromatic amines is 1. The minimum absolute atomic E-state index is 0.0116.